The molecule has 1 N–H and O–H groups in total. The molecule has 114 valence electrons. The lowest BCUT2D eigenvalue weighted by Gasteiger charge is -2.18. The molecule has 0 amide bonds. The second kappa shape index (κ2) is 7.05. The maximum atomic E-state index is 14.1. The van der Waals surface area contributed by atoms with E-state index in [0.29, 0.717) is 18.1 Å². The normalized spacial score (nSPS) is 12.6. The average Bonchev–Trinajstić information content (AvgIpc) is 2.70. The molecule has 2 rings (SSSR count). The number of aromatic nitrogens is 2. The van der Waals surface area contributed by atoms with Crippen LogP contribution in [0.3, 0.4) is 0 Å². The van der Waals surface area contributed by atoms with Gasteiger partial charge in [-0.15, -0.1) is 0 Å². The zero-order valence-corrected chi connectivity index (χ0v) is 13.4. The number of likely N-dealkylation sites (N-methyl/N-ethyl adjacent to an activating group) is 1. The van der Waals surface area contributed by atoms with E-state index in [1.807, 2.05) is 33.0 Å². The zero-order valence-electron chi connectivity index (χ0n) is 12.7. The minimum absolute atomic E-state index is 0.0338. The molecule has 0 bridgehead atoms. The Labute approximate surface area is 130 Å². The summed E-state index contributed by atoms with van der Waals surface area (Å²) < 4.78 is 15.8. The maximum Gasteiger partial charge on any atom is 0.130 e. The zero-order chi connectivity index (χ0) is 15.4. The summed E-state index contributed by atoms with van der Waals surface area (Å²) in [4.78, 5) is 0. The topological polar surface area (TPSA) is 29.9 Å². The van der Waals surface area contributed by atoms with Crippen molar-refractivity contribution in [3.05, 3.63) is 52.1 Å². The van der Waals surface area contributed by atoms with Gasteiger partial charge in [-0.05, 0) is 31.5 Å². The number of benzene rings is 1. The Balaban J connectivity index is 2.31. The van der Waals surface area contributed by atoms with Crippen molar-refractivity contribution in [2.75, 3.05) is 13.1 Å². The first-order valence-electron chi connectivity index (χ1n) is 7.17. The van der Waals surface area contributed by atoms with E-state index in [4.69, 9.17) is 11.6 Å². The fourth-order valence-corrected chi connectivity index (χ4v) is 2.82. The molecule has 0 saturated heterocycles. The van der Waals surface area contributed by atoms with E-state index >= 15 is 0 Å². The van der Waals surface area contributed by atoms with Crippen molar-refractivity contribution >= 4 is 11.6 Å². The Morgan fingerprint density at radius 2 is 2.10 bits per heavy atom. The monoisotopic (exact) mass is 309 g/mol. The molecule has 0 saturated carbocycles. The Hall–Kier alpha value is -1.39. The number of nitrogens with one attached hydrogen (secondary N) is 1. The summed E-state index contributed by atoms with van der Waals surface area (Å²) in [6.45, 7) is 5.54. The van der Waals surface area contributed by atoms with Gasteiger partial charge in [-0.25, -0.2) is 4.39 Å². The van der Waals surface area contributed by atoms with E-state index in [1.165, 1.54) is 6.07 Å². The molecule has 0 fully saturated rings. The molecule has 1 heterocycles. The molecule has 2 aromatic rings. The van der Waals surface area contributed by atoms with Gasteiger partial charge in [-0.2, -0.15) is 5.10 Å². The van der Waals surface area contributed by atoms with Crippen LogP contribution >= 0.6 is 11.6 Å². The summed E-state index contributed by atoms with van der Waals surface area (Å²) >= 11 is 6.31. The van der Waals surface area contributed by atoms with E-state index in [1.54, 1.807) is 10.7 Å². The quantitative estimate of drug-likeness (QED) is 0.885. The third-order valence-electron chi connectivity index (χ3n) is 3.71. The Bertz CT molecular complexity index is 610. The summed E-state index contributed by atoms with van der Waals surface area (Å²) in [5.74, 6) is -0.135. The molecule has 21 heavy (non-hydrogen) atoms. The molecule has 0 aliphatic heterocycles. The lowest BCUT2D eigenvalue weighted by atomic mass is 9.91. The lowest BCUT2D eigenvalue weighted by Crippen LogP contribution is -2.23. The number of nitrogens with zero attached hydrogens (tertiary/aromatic N) is 2. The van der Waals surface area contributed by atoms with Crippen molar-refractivity contribution in [2.24, 2.45) is 7.05 Å². The van der Waals surface area contributed by atoms with Gasteiger partial charge < -0.3 is 5.32 Å². The van der Waals surface area contributed by atoms with Crippen LogP contribution in [0.25, 0.3) is 0 Å². The molecule has 3 nitrogen and oxygen atoms in total. The van der Waals surface area contributed by atoms with Crippen LogP contribution in [0, 0.1) is 12.7 Å². The highest BCUT2D eigenvalue weighted by molar-refractivity contribution is 6.30. The fourth-order valence-electron chi connectivity index (χ4n) is 2.57. The van der Waals surface area contributed by atoms with Gasteiger partial charge in [-0.1, -0.05) is 36.7 Å². The molecule has 5 heteroatoms. The van der Waals surface area contributed by atoms with Crippen molar-refractivity contribution in [3.63, 3.8) is 0 Å². The molecular formula is C16H21ClFN3. The molecule has 0 radical (unpaired) electrons. The van der Waals surface area contributed by atoms with Gasteiger partial charge in [0.05, 0.1) is 5.69 Å². The maximum absolute atomic E-state index is 14.1. The fraction of sp³-hybridized carbons (Fsp3) is 0.438. The second-order valence-corrected chi connectivity index (χ2v) is 5.57. The number of hydrogen-bond acceptors (Lipinski definition) is 2. The highest BCUT2D eigenvalue weighted by Crippen LogP contribution is 2.28. The van der Waals surface area contributed by atoms with Gasteiger partial charge >= 0.3 is 0 Å². The van der Waals surface area contributed by atoms with Crippen LogP contribution in [0.5, 0.6) is 0 Å². The van der Waals surface area contributed by atoms with E-state index in [2.05, 4.69) is 10.4 Å². The number of rotatable bonds is 6. The van der Waals surface area contributed by atoms with Gasteiger partial charge in [0.1, 0.15) is 11.0 Å². The van der Waals surface area contributed by atoms with Gasteiger partial charge in [0.15, 0.2) is 0 Å². The summed E-state index contributed by atoms with van der Waals surface area (Å²) in [5, 5.41) is 8.26. The van der Waals surface area contributed by atoms with Crippen molar-refractivity contribution in [1.29, 1.82) is 0 Å². The van der Waals surface area contributed by atoms with Crippen LogP contribution in [0.2, 0.25) is 5.15 Å². The summed E-state index contributed by atoms with van der Waals surface area (Å²) in [7, 11) is 1.82. The molecule has 1 atom stereocenters. The van der Waals surface area contributed by atoms with Crippen LogP contribution in [0.15, 0.2) is 24.3 Å². The Morgan fingerprint density at radius 3 is 2.67 bits per heavy atom. The minimum atomic E-state index is -0.168. The van der Waals surface area contributed by atoms with Crippen molar-refractivity contribution in [1.82, 2.24) is 15.1 Å². The first kappa shape index (κ1) is 16.0. The highest BCUT2D eigenvalue weighted by Gasteiger charge is 2.20. The second-order valence-electron chi connectivity index (χ2n) is 5.21. The predicted octanol–water partition coefficient (Wildman–Crippen LogP) is 3.46. The van der Waals surface area contributed by atoms with Crippen LogP contribution in [-0.4, -0.2) is 22.9 Å². The average molecular weight is 310 g/mol. The van der Waals surface area contributed by atoms with Crippen molar-refractivity contribution < 1.29 is 4.39 Å². The minimum Gasteiger partial charge on any atom is -0.316 e. The predicted molar refractivity (Wildman–Crippen MR) is 84.3 cm³/mol. The van der Waals surface area contributed by atoms with Gasteiger partial charge in [0.25, 0.3) is 0 Å². The molecule has 0 spiro atoms. The highest BCUT2D eigenvalue weighted by atomic mass is 35.5. The summed E-state index contributed by atoms with van der Waals surface area (Å²) in [6.07, 6.45) is 0.673. The third kappa shape index (κ3) is 3.63. The summed E-state index contributed by atoms with van der Waals surface area (Å²) in [6, 6.07) is 6.93. The van der Waals surface area contributed by atoms with Gasteiger partial charge in [-0.3, -0.25) is 4.68 Å². The SMILES string of the molecule is CCNCC(Cc1c(C)nn(C)c1Cl)c1ccccc1F. The van der Waals surface area contributed by atoms with E-state index in [-0.39, 0.29) is 11.7 Å². The van der Waals surface area contributed by atoms with Gasteiger partial charge in [0, 0.05) is 25.1 Å². The number of hydrogen-bond donors (Lipinski definition) is 1. The van der Waals surface area contributed by atoms with Crippen LogP contribution in [-0.2, 0) is 13.5 Å². The van der Waals surface area contributed by atoms with Crippen LogP contribution in [0.1, 0.15) is 29.7 Å². The molecule has 1 aromatic heterocycles. The van der Waals surface area contributed by atoms with Crippen molar-refractivity contribution in [2.45, 2.75) is 26.2 Å². The largest absolute Gasteiger partial charge is 0.316 e. The number of aryl methyl sites for hydroxylation is 2. The lowest BCUT2D eigenvalue weighted by molar-refractivity contribution is 0.544. The summed E-state index contributed by atoms with van der Waals surface area (Å²) in [5.41, 5.74) is 2.61. The van der Waals surface area contributed by atoms with Crippen LogP contribution in [0.4, 0.5) is 4.39 Å². The van der Waals surface area contributed by atoms with E-state index < -0.39 is 0 Å². The molecule has 1 aromatic carbocycles. The molecule has 0 aliphatic carbocycles. The van der Waals surface area contributed by atoms with Gasteiger partial charge in [0.2, 0.25) is 0 Å². The third-order valence-corrected chi connectivity index (χ3v) is 4.18. The Kier molecular flexibility index (Phi) is 5.37. The van der Waals surface area contributed by atoms with Crippen molar-refractivity contribution in [3.8, 4) is 0 Å². The smallest absolute Gasteiger partial charge is 0.130 e. The molecule has 0 aliphatic rings. The molecular weight excluding hydrogens is 289 g/mol. The van der Waals surface area contributed by atoms with Crippen LogP contribution < -0.4 is 5.32 Å². The standard InChI is InChI=1S/C16H21ClFN3/c1-4-19-10-12(13-7-5-6-8-15(13)18)9-14-11(2)20-21(3)16(14)17/h5-8,12,19H,4,9-10H2,1-3H3. The first-order chi connectivity index (χ1) is 10.0. The number of halogens is 2. The van der Waals surface area contributed by atoms with E-state index in [9.17, 15) is 4.39 Å². The first-order valence-corrected chi connectivity index (χ1v) is 7.55. The van der Waals surface area contributed by atoms with E-state index in [0.717, 1.165) is 23.4 Å². The molecule has 1 unspecified atom stereocenters. The Morgan fingerprint density at radius 1 is 1.38 bits per heavy atom.